The lowest BCUT2D eigenvalue weighted by molar-refractivity contribution is -0.116. The Morgan fingerprint density at radius 1 is 1.58 bits per heavy atom. The SMILES string of the molecule is CC(=O)N=c1nc2c(ncn2[C@@H]2O[C@H](CO)[C@@H](O)[C@@H]2F)c(N)n1O. The number of amides is 1. The Bertz CT molecular complexity index is 863. The molecule has 1 aliphatic rings. The van der Waals surface area contributed by atoms with Crippen molar-refractivity contribution in [3.05, 3.63) is 11.9 Å². The van der Waals surface area contributed by atoms with E-state index in [1.54, 1.807) is 0 Å². The molecule has 24 heavy (non-hydrogen) atoms. The number of hydrogen-bond acceptors (Lipinski definition) is 8. The molecule has 130 valence electrons. The number of ether oxygens (including phenoxy) is 1. The van der Waals surface area contributed by atoms with Crippen LogP contribution in [0.1, 0.15) is 13.2 Å². The van der Waals surface area contributed by atoms with Crippen molar-refractivity contribution in [2.45, 2.75) is 31.5 Å². The molecular formula is C12H15FN6O5. The minimum absolute atomic E-state index is 0.00348. The van der Waals surface area contributed by atoms with Crippen LogP contribution in [0.25, 0.3) is 11.2 Å². The molecule has 1 amide bonds. The van der Waals surface area contributed by atoms with Crippen LogP contribution in [0.3, 0.4) is 0 Å². The largest absolute Gasteiger partial charge is 0.423 e. The number of alkyl halides is 1. The molecule has 4 atom stereocenters. The number of halogens is 1. The van der Waals surface area contributed by atoms with E-state index in [1.165, 1.54) is 0 Å². The summed E-state index contributed by atoms with van der Waals surface area (Å²) in [5.74, 6) is -0.891. The Kier molecular flexibility index (Phi) is 3.95. The van der Waals surface area contributed by atoms with Gasteiger partial charge in [0.15, 0.2) is 29.4 Å². The first kappa shape index (κ1) is 16.3. The zero-order chi connectivity index (χ0) is 17.6. The second kappa shape index (κ2) is 5.81. The summed E-state index contributed by atoms with van der Waals surface area (Å²) in [5, 5.41) is 28.7. The van der Waals surface area contributed by atoms with Gasteiger partial charge in [0.25, 0.3) is 5.62 Å². The summed E-state index contributed by atoms with van der Waals surface area (Å²) in [6.45, 7) is 0.584. The summed E-state index contributed by atoms with van der Waals surface area (Å²) in [6, 6.07) is 0. The van der Waals surface area contributed by atoms with Gasteiger partial charge in [-0.25, -0.2) is 9.37 Å². The predicted octanol–water partition coefficient (Wildman–Crippen LogP) is -1.91. The van der Waals surface area contributed by atoms with Gasteiger partial charge in [-0.05, 0) is 0 Å². The average molecular weight is 342 g/mol. The van der Waals surface area contributed by atoms with E-state index in [2.05, 4.69) is 15.0 Å². The fourth-order valence-corrected chi connectivity index (χ4v) is 2.47. The van der Waals surface area contributed by atoms with E-state index in [0.29, 0.717) is 4.73 Å². The van der Waals surface area contributed by atoms with Crippen LogP contribution < -0.4 is 11.4 Å². The van der Waals surface area contributed by atoms with Gasteiger partial charge in [0.2, 0.25) is 5.91 Å². The number of fused-ring (bicyclic) bond motifs is 1. The van der Waals surface area contributed by atoms with E-state index in [0.717, 1.165) is 17.8 Å². The van der Waals surface area contributed by atoms with Crippen molar-refractivity contribution in [3.8, 4) is 0 Å². The van der Waals surface area contributed by atoms with Crippen molar-refractivity contribution in [3.63, 3.8) is 0 Å². The Morgan fingerprint density at radius 2 is 2.29 bits per heavy atom. The number of anilines is 1. The number of carbonyl (C=O) groups is 1. The highest BCUT2D eigenvalue weighted by Gasteiger charge is 2.45. The Hall–Kier alpha value is -2.57. The maximum absolute atomic E-state index is 14.3. The van der Waals surface area contributed by atoms with E-state index in [4.69, 9.17) is 15.6 Å². The molecule has 3 rings (SSSR count). The molecule has 2 aromatic heterocycles. The van der Waals surface area contributed by atoms with E-state index in [1.807, 2.05) is 0 Å². The Balaban J connectivity index is 2.17. The van der Waals surface area contributed by atoms with Gasteiger partial charge in [-0.15, -0.1) is 4.73 Å². The van der Waals surface area contributed by atoms with E-state index >= 15 is 0 Å². The molecular weight excluding hydrogens is 327 g/mol. The summed E-state index contributed by atoms with van der Waals surface area (Å²) in [5.41, 5.74) is 5.33. The van der Waals surface area contributed by atoms with Gasteiger partial charge in [0.05, 0.1) is 12.9 Å². The molecule has 1 aliphatic heterocycles. The minimum Gasteiger partial charge on any atom is -0.423 e. The standard InChI is InChI=1S/C12H15FN6O5/c1-4(21)16-12-17-10-7(9(14)19(12)23)15-3-18(10)11-6(13)8(22)5(2-20)24-11/h3,5-6,8,11,20,22-23H,2,14H2,1H3/t5-,6+,8-,11-/m1/s1. The van der Waals surface area contributed by atoms with Gasteiger partial charge in [0.1, 0.15) is 12.2 Å². The van der Waals surface area contributed by atoms with Gasteiger partial charge in [0, 0.05) is 6.92 Å². The monoisotopic (exact) mass is 342 g/mol. The molecule has 11 nitrogen and oxygen atoms in total. The highest BCUT2D eigenvalue weighted by molar-refractivity contribution is 5.81. The highest BCUT2D eigenvalue weighted by atomic mass is 19.1. The second-order valence-corrected chi connectivity index (χ2v) is 5.25. The topological polar surface area (TPSA) is 161 Å². The van der Waals surface area contributed by atoms with Crippen LogP contribution in [0.2, 0.25) is 0 Å². The molecule has 0 radical (unpaired) electrons. The van der Waals surface area contributed by atoms with Gasteiger partial charge in [-0.3, -0.25) is 9.36 Å². The number of aliphatic hydroxyl groups is 2. The van der Waals surface area contributed by atoms with Gasteiger partial charge < -0.3 is 25.9 Å². The van der Waals surface area contributed by atoms with Crippen LogP contribution >= 0.6 is 0 Å². The first-order valence-corrected chi connectivity index (χ1v) is 6.93. The van der Waals surface area contributed by atoms with Crippen LogP contribution in [-0.2, 0) is 9.53 Å². The molecule has 2 aromatic rings. The molecule has 0 aromatic carbocycles. The molecule has 1 fully saturated rings. The van der Waals surface area contributed by atoms with Crippen molar-refractivity contribution in [1.29, 1.82) is 0 Å². The van der Waals surface area contributed by atoms with Crippen molar-refractivity contribution < 1.29 is 29.3 Å². The quantitative estimate of drug-likeness (QED) is 0.460. The fourth-order valence-electron chi connectivity index (χ4n) is 2.47. The van der Waals surface area contributed by atoms with Crippen LogP contribution in [-0.4, -0.2) is 65.6 Å². The lowest BCUT2D eigenvalue weighted by Crippen LogP contribution is -2.30. The van der Waals surface area contributed by atoms with Gasteiger partial charge in [-0.1, -0.05) is 0 Å². The summed E-state index contributed by atoms with van der Waals surface area (Å²) >= 11 is 0. The van der Waals surface area contributed by atoms with Crippen molar-refractivity contribution in [2.24, 2.45) is 4.99 Å². The normalized spacial score (nSPS) is 27.9. The first-order valence-electron chi connectivity index (χ1n) is 6.93. The molecule has 0 bridgehead atoms. The predicted molar refractivity (Wildman–Crippen MR) is 75.3 cm³/mol. The van der Waals surface area contributed by atoms with E-state index in [-0.39, 0.29) is 17.0 Å². The number of nitrogen functional groups attached to an aromatic ring is 1. The molecule has 1 saturated heterocycles. The Morgan fingerprint density at radius 3 is 2.88 bits per heavy atom. The zero-order valence-electron chi connectivity index (χ0n) is 12.4. The fraction of sp³-hybridized carbons (Fsp3) is 0.500. The number of carbonyl (C=O) groups excluding carboxylic acids is 1. The Labute approximate surface area is 133 Å². The number of nitrogens with zero attached hydrogens (tertiary/aromatic N) is 5. The first-order chi connectivity index (χ1) is 11.3. The number of aromatic nitrogens is 4. The summed E-state index contributed by atoms with van der Waals surface area (Å²) in [4.78, 5) is 22.5. The summed E-state index contributed by atoms with van der Waals surface area (Å²) in [6.07, 6.45) is -4.63. The molecule has 0 spiro atoms. The van der Waals surface area contributed by atoms with Crippen LogP contribution in [0, 0.1) is 0 Å². The lowest BCUT2D eigenvalue weighted by Gasteiger charge is -2.15. The second-order valence-electron chi connectivity index (χ2n) is 5.25. The molecule has 5 N–H and O–H groups in total. The maximum Gasteiger partial charge on any atom is 0.270 e. The van der Waals surface area contributed by atoms with Crippen LogP contribution in [0.15, 0.2) is 11.3 Å². The smallest absolute Gasteiger partial charge is 0.270 e. The number of nitrogens with two attached hydrogens (primary N) is 1. The molecule has 3 heterocycles. The average Bonchev–Trinajstić information content (AvgIpc) is 3.06. The molecule has 0 unspecified atom stereocenters. The summed E-state index contributed by atoms with van der Waals surface area (Å²) in [7, 11) is 0. The number of aliphatic hydroxyl groups excluding tert-OH is 2. The van der Waals surface area contributed by atoms with E-state index < -0.39 is 42.7 Å². The van der Waals surface area contributed by atoms with Gasteiger partial charge >= 0.3 is 0 Å². The third kappa shape index (κ3) is 2.40. The minimum atomic E-state index is -1.85. The van der Waals surface area contributed by atoms with Crippen molar-refractivity contribution in [2.75, 3.05) is 12.3 Å². The molecule has 0 saturated carbocycles. The van der Waals surface area contributed by atoms with Crippen molar-refractivity contribution in [1.82, 2.24) is 19.3 Å². The van der Waals surface area contributed by atoms with Gasteiger partial charge in [-0.2, -0.15) is 9.98 Å². The number of imidazole rings is 1. The molecule has 0 aliphatic carbocycles. The lowest BCUT2D eigenvalue weighted by atomic mass is 10.1. The third-order valence-corrected chi connectivity index (χ3v) is 3.64. The zero-order valence-corrected chi connectivity index (χ0v) is 12.4. The number of rotatable bonds is 2. The van der Waals surface area contributed by atoms with Crippen LogP contribution in [0.4, 0.5) is 10.2 Å². The number of hydrogen-bond donors (Lipinski definition) is 4. The molecule has 12 heteroatoms. The highest BCUT2D eigenvalue weighted by Crippen LogP contribution is 2.33. The summed E-state index contributed by atoms with van der Waals surface area (Å²) < 4.78 is 21.1. The third-order valence-electron chi connectivity index (χ3n) is 3.64. The van der Waals surface area contributed by atoms with Crippen LogP contribution in [0.5, 0.6) is 0 Å². The van der Waals surface area contributed by atoms with Crippen molar-refractivity contribution >= 4 is 22.9 Å². The van der Waals surface area contributed by atoms with E-state index in [9.17, 15) is 19.5 Å². The maximum atomic E-state index is 14.3.